The maximum absolute atomic E-state index is 14.4. The molecule has 340 valence electrons. The van der Waals surface area contributed by atoms with Gasteiger partial charge in [0, 0.05) is 50.4 Å². The third kappa shape index (κ3) is 11.5. The van der Waals surface area contributed by atoms with E-state index < -0.39 is 102 Å². The van der Waals surface area contributed by atoms with Crippen molar-refractivity contribution in [1.82, 2.24) is 10.2 Å². The average Bonchev–Trinajstić information content (AvgIpc) is 3.15. The van der Waals surface area contributed by atoms with E-state index in [9.17, 15) is 30.0 Å². The Morgan fingerprint density at radius 2 is 1.59 bits per heavy atom. The number of likely N-dealkylation sites (N-methyl/N-ethyl adjacent to an activating group) is 2. The first-order valence-corrected chi connectivity index (χ1v) is 21.5. The van der Waals surface area contributed by atoms with Crippen molar-refractivity contribution in [3.8, 4) is 0 Å². The first-order chi connectivity index (χ1) is 26.8. The molecule has 1 amide bonds. The van der Waals surface area contributed by atoms with Crippen LogP contribution in [-0.4, -0.2) is 155 Å². The first kappa shape index (κ1) is 50.9. The minimum absolute atomic E-state index is 0.00624. The number of aliphatic hydroxyl groups is 4. The van der Waals surface area contributed by atoms with Gasteiger partial charge in [-0.15, -0.1) is 0 Å². The molecule has 3 aliphatic heterocycles. The summed E-state index contributed by atoms with van der Waals surface area (Å²) < 4.78 is 44.7. The van der Waals surface area contributed by atoms with E-state index in [-0.39, 0.29) is 49.7 Å². The van der Waals surface area contributed by atoms with Gasteiger partial charge in [-0.25, -0.2) is 0 Å². The lowest BCUT2D eigenvalue weighted by Crippen LogP contribution is -2.61. The molecule has 19 atom stereocenters. The van der Waals surface area contributed by atoms with Gasteiger partial charge in [-0.3, -0.25) is 14.5 Å². The predicted octanol–water partition coefficient (Wildman–Crippen LogP) is 3.40. The number of cyclic esters (lactones) is 1. The molecule has 0 aromatic heterocycles. The van der Waals surface area contributed by atoms with Gasteiger partial charge < -0.3 is 58.9 Å². The van der Waals surface area contributed by atoms with Gasteiger partial charge in [-0.05, 0) is 87.6 Å². The fourth-order valence-electron chi connectivity index (χ4n) is 9.59. The van der Waals surface area contributed by atoms with Crippen molar-refractivity contribution >= 4 is 11.9 Å². The molecule has 0 aromatic carbocycles. The molecule has 15 nitrogen and oxygen atoms in total. The van der Waals surface area contributed by atoms with Gasteiger partial charge in [0.15, 0.2) is 12.6 Å². The monoisotopic (exact) mass is 833 g/mol. The molecule has 3 rings (SSSR count). The number of carbonyl (C=O) groups excluding carboxylic acids is 2. The lowest BCUT2D eigenvalue weighted by atomic mass is 9.73. The van der Waals surface area contributed by atoms with Crippen LogP contribution in [0.5, 0.6) is 0 Å². The van der Waals surface area contributed by atoms with Crippen LogP contribution >= 0.6 is 0 Å². The summed E-state index contributed by atoms with van der Waals surface area (Å²) in [7, 11) is 5.08. The van der Waals surface area contributed by atoms with Gasteiger partial charge in [0.25, 0.3) is 0 Å². The molecule has 0 saturated carbocycles. The molecule has 15 heteroatoms. The van der Waals surface area contributed by atoms with Crippen LogP contribution in [-0.2, 0) is 42.7 Å². The number of rotatable bonds is 11. The number of esters is 1. The van der Waals surface area contributed by atoms with Crippen LogP contribution < -0.4 is 5.32 Å². The van der Waals surface area contributed by atoms with Gasteiger partial charge in [0.1, 0.15) is 24.4 Å². The summed E-state index contributed by atoms with van der Waals surface area (Å²) in [6.07, 6.45) is -8.29. The van der Waals surface area contributed by atoms with Crippen LogP contribution in [0.3, 0.4) is 0 Å². The molecular weight excluding hydrogens is 752 g/mol. The Morgan fingerprint density at radius 3 is 2.14 bits per heavy atom. The molecule has 5 N–H and O–H groups in total. The molecule has 0 aromatic rings. The molecule has 58 heavy (non-hydrogen) atoms. The number of hydrogen-bond acceptors (Lipinski definition) is 14. The highest BCUT2D eigenvalue weighted by Crippen LogP contribution is 2.43. The fraction of sp³-hybridized carbons (Fsp3) is 0.953. The summed E-state index contributed by atoms with van der Waals surface area (Å²) in [6.45, 7) is 23.5. The number of nitrogens with zero attached hydrogens (tertiary/aromatic N) is 1. The number of methoxy groups -OCH3 is 1. The van der Waals surface area contributed by atoms with E-state index in [4.69, 9.17) is 33.2 Å². The van der Waals surface area contributed by atoms with Crippen LogP contribution in [0.25, 0.3) is 0 Å². The van der Waals surface area contributed by atoms with E-state index in [1.54, 1.807) is 34.8 Å². The van der Waals surface area contributed by atoms with Crippen molar-refractivity contribution in [2.75, 3.05) is 27.8 Å². The summed E-state index contributed by atoms with van der Waals surface area (Å²) in [4.78, 5) is 28.9. The van der Waals surface area contributed by atoms with Crippen molar-refractivity contribution in [1.29, 1.82) is 0 Å². The van der Waals surface area contributed by atoms with Crippen molar-refractivity contribution in [2.24, 2.45) is 29.6 Å². The minimum Gasteiger partial charge on any atom is -0.459 e. The van der Waals surface area contributed by atoms with E-state index in [1.165, 1.54) is 14.0 Å². The second kappa shape index (κ2) is 20.6. The summed E-state index contributed by atoms with van der Waals surface area (Å²) in [5.41, 5.74) is -4.30. The maximum atomic E-state index is 14.4. The number of amides is 1. The summed E-state index contributed by atoms with van der Waals surface area (Å²) >= 11 is 0. The topological polar surface area (TPSA) is 195 Å². The second-order valence-corrected chi connectivity index (χ2v) is 18.8. The number of carbonyl (C=O) groups is 2. The molecule has 3 fully saturated rings. The zero-order valence-electron chi connectivity index (χ0n) is 38.3. The molecule has 1 unspecified atom stereocenters. The fourth-order valence-corrected chi connectivity index (χ4v) is 9.59. The molecule has 0 aliphatic carbocycles. The highest BCUT2D eigenvalue weighted by atomic mass is 16.7. The van der Waals surface area contributed by atoms with Crippen molar-refractivity contribution in [3.05, 3.63) is 0 Å². The summed E-state index contributed by atoms with van der Waals surface area (Å²) in [5, 5.41) is 51.1. The van der Waals surface area contributed by atoms with Crippen molar-refractivity contribution in [2.45, 2.75) is 206 Å². The second-order valence-electron chi connectivity index (χ2n) is 18.8. The number of nitrogens with one attached hydrogen (secondary N) is 1. The summed E-state index contributed by atoms with van der Waals surface area (Å²) in [6, 6.07) is -0.204. The van der Waals surface area contributed by atoms with E-state index >= 15 is 0 Å². The third-order valence-corrected chi connectivity index (χ3v) is 14.0. The molecule has 3 saturated heterocycles. The number of ether oxygens (including phenoxy) is 7. The Bertz CT molecular complexity index is 1320. The van der Waals surface area contributed by atoms with Gasteiger partial charge >= 0.3 is 5.97 Å². The highest BCUT2D eigenvalue weighted by molar-refractivity contribution is 5.76. The van der Waals surface area contributed by atoms with Crippen LogP contribution in [0.2, 0.25) is 0 Å². The van der Waals surface area contributed by atoms with Crippen LogP contribution in [0.1, 0.15) is 116 Å². The Morgan fingerprint density at radius 1 is 0.966 bits per heavy atom. The Hall–Kier alpha value is -1.50. The zero-order chi connectivity index (χ0) is 44.2. The minimum atomic E-state index is -1.94. The van der Waals surface area contributed by atoms with Gasteiger partial charge in [0.05, 0.1) is 53.7 Å². The third-order valence-electron chi connectivity index (χ3n) is 14.0. The van der Waals surface area contributed by atoms with Crippen molar-refractivity contribution in [3.63, 3.8) is 0 Å². The largest absolute Gasteiger partial charge is 0.459 e. The smallest absolute Gasteiger partial charge is 0.311 e. The van der Waals surface area contributed by atoms with E-state index in [2.05, 4.69) is 17.1 Å². The van der Waals surface area contributed by atoms with Crippen LogP contribution in [0, 0.1) is 29.6 Å². The molecule has 0 radical (unpaired) electrons. The highest BCUT2D eigenvalue weighted by Gasteiger charge is 2.53. The molecule has 3 aliphatic rings. The van der Waals surface area contributed by atoms with Gasteiger partial charge in [-0.1, -0.05) is 34.6 Å². The van der Waals surface area contributed by atoms with E-state index in [1.807, 2.05) is 55.5 Å². The number of aliphatic hydroxyl groups excluding tert-OH is 2. The molecular formula is C43H80N2O13. The Labute approximate surface area is 348 Å². The average molecular weight is 833 g/mol. The maximum Gasteiger partial charge on any atom is 0.311 e. The SMILES string of the molecule is CC[C@H]1OC(=O)[C@H](C)[C@@H](OC2C[C@@](C)(OC)[C@@H](C)[C@H](C)O2)[C@H](C)[C@@H](O[C@@H]2O[C@H](C)C[C@H](N(C)C(C)C)[C@H]2O)[C@](C)(O)C[C@@H](C)[C@H](OCC(=O)NC)[C@H](C)[C@@H](O)[C@]1(C)O. The Balaban J connectivity index is 2.25. The summed E-state index contributed by atoms with van der Waals surface area (Å²) in [5.74, 6) is -4.25. The van der Waals surface area contributed by atoms with Crippen LogP contribution in [0.15, 0.2) is 0 Å². The molecule has 0 spiro atoms. The number of hydrogen-bond donors (Lipinski definition) is 5. The van der Waals surface area contributed by atoms with Crippen LogP contribution in [0.4, 0.5) is 0 Å². The van der Waals surface area contributed by atoms with E-state index in [0.29, 0.717) is 12.8 Å². The lowest BCUT2D eigenvalue weighted by Gasteiger charge is -2.50. The Kier molecular flexibility index (Phi) is 18.0. The molecule has 0 bridgehead atoms. The first-order valence-electron chi connectivity index (χ1n) is 21.5. The predicted molar refractivity (Wildman–Crippen MR) is 217 cm³/mol. The zero-order valence-corrected chi connectivity index (χ0v) is 38.3. The lowest BCUT2D eigenvalue weighted by molar-refractivity contribution is -0.315. The molecule has 3 heterocycles. The standard InChI is InChI=1S/C43H80N2O13/c1-17-31-43(13,51)37(48)25(6)35(53-21-32(46)44-14)23(4)19-41(11,50)38(58-40-34(47)30(18-24(5)54-40)45(15)22(2)3)26(7)36(27(8)39(49)56-31)57-33-20-42(12,52-16)28(9)29(10)55-33/h22-31,33-38,40,47-48,50-51H,17-21H2,1-16H3,(H,44,46)/t23-,24-,25+,26+,27-,28+,29+,30+,31-,33?,34-,35+,36+,37-,38-,40+,41-,42-,43-/m1/s1. The van der Waals surface area contributed by atoms with Gasteiger partial charge in [0.2, 0.25) is 5.91 Å². The van der Waals surface area contributed by atoms with Crippen molar-refractivity contribution < 1.29 is 63.2 Å². The normalized spacial score (nSPS) is 46.4. The van der Waals surface area contributed by atoms with Gasteiger partial charge in [-0.2, -0.15) is 0 Å². The quantitative estimate of drug-likeness (QED) is 0.190. The van der Waals surface area contributed by atoms with E-state index in [0.717, 1.165) is 0 Å².